The van der Waals surface area contributed by atoms with Gasteiger partial charge in [-0.25, -0.2) is 0 Å². The molecule has 24 heavy (non-hydrogen) atoms. The summed E-state index contributed by atoms with van der Waals surface area (Å²) in [7, 11) is 0. The summed E-state index contributed by atoms with van der Waals surface area (Å²) in [6.07, 6.45) is 1.04. The zero-order valence-corrected chi connectivity index (χ0v) is 15.5. The van der Waals surface area contributed by atoms with E-state index < -0.39 is 0 Å². The lowest BCUT2D eigenvalue weighted by Gasteiger charge is -2.25. The number of aromatic amines is 1. The van der Waals surface area contributed by atoms with Crippen molar-refractivity contribution in [1.82, 2.24) is 10.3 Å². The van der Waals surface area contributed by atoms with Gasteiger partial charge in [0.05, 0.1) is 12.6 Å². The van der Waals surface area contributed by atoms with Crippen LogP contribution in [0.15, 0.2) is 40.9 Å². The number of fused-ring (bicyclic) bond motifs is 3. The molecule has 3 nitrogen and oxygen atoms in total. The quantitative estimate of drug-likeness (QED) is 0.675. The maximum absolute atomic E-state index is 5.68. The number of rotatable bonds is 3. The van der Waals surface area contributed by atoms with Crippen LogP contribution < -0.4 is 10.1 Å². The van der Waals surface area contributed by atoms with Crippen LogP contribution in [0.2, 0.25) is 0 Å². The molecule has 2 N–H and O–H groups in total. The van der Waals surface area contributed by atoms with E-state index >= 15 is 0 Å². The Kier molecular flexibility index (Phi) is 4.10. The molecule has 2 aromatic carbocycles. The molecule has 0 spiro atoms. The molecule has 2 heterocycles. The second-order valence-corrected chi connectivity index (χ2v) is 7.27. The smallest absolute Gasteiger partial charge is 0.120 e. The lowest BCUT2D eigenvalue weighted by molar-refractivity contribution is 0.340. The number of aromatic nitrogens is 1. The Morgan fingerprint density at radius 2 is 2.08 bits per heavy atom. The molecule has 0 saturated carbocycles. The molecule has 124 valence electrons. The number of hydrogen-bond donors (Lipinski definition) is 2. The lowest BCUT2D eigenvalue weighted by Crippen LogP contribution is -2.30. The molecule has 0 aliphatic carbocycles. The van der Waals surface area contributed by atoms with E-state index in [-0.39, 0.29) is 6.04 Å². The van der Waals surface area contributed by atoms with Crippen molar-refractivity contribution in [2.75, 3.05) is 13.2 Å². The Balaban J connectivity index is 1.84. The largest absolute Gasteiger partial charge is 0.494 e. The van der Waals surface area contributed by atoms with Crippen LogP contribution in [0.3, 0.4) is 0 Å². The van der Waals surface area contributed by atoms with Gasteiger partial charge in [-0.05, 0) is 67.3 Å². The van der Waals surface area contributed by atoms with E-state index in [2.05, 4.69) is 63.5 Å². The fraction of sp³-hybridized carbons (Fsp3) is 0.300. The average molecular weight is 385 g/mol. The van der Waals surface area contributed by atoms with Crippen LogP contribution in [0.25, 0.3) is 10.9 Å². The van der Waals surface area contributed by atoms with E-state index in [9.17, 15) is 0 Å². The number of benzene rings is 2. The number of halogens is 1. The first-order valence-electron chi connectivity index (χ1n) is 8.43. The minimum atomic E-state index is 0.202. The topological polar surface area (TPSA) is 37.0 Å². The highest BCUT2D eigenvalue weighted by molar-refractivity contribution is 9.10. The van der Waals surface area contributed by atoms with Gasteiger partial charge in [0.25, 0.3) is 0 Å². The first kappa shape index (κ1) is 15.7. The standard InChI is InChI=1S/C20H21BrN2O/c1-3-24-15-4-5-18-17(11-15)16-6-7-22-19(20(16)23-18)13-8-12(2)9-14(21)10-13/h4-5,8-11,19,22-23H,3,6-7H2,1-2H3. The predicted molar refractivity (Wildman–Crippen MR) is 102 cm³/mol. The molecule has 1 aliphatic rings. The van der Waals surface area contributed by atoms with Gasteiger partial charge in [0.2, 0.25) is 0 Å². The third-order valence-electron chi connectivity index (χ3n) is 4.63. The second-order valence-electron chi connectivity index (χ2n) is 6.36. The normalized spacial score (nSPS) is 17.0. The summed E-state index contributed by atoms with van der Waals surface area (Å²) < 4.78 is 6.81. The highest BCUT2D eigenvalue weighted by atomic mass is 79.9. The number of H-pyrrole nitrogens is 1. The van der Waals surface area contributed by atoms with Crippen molar-refractivity contribution in [1.29, 1.82) is 0 Å². The van der Waals surface area contributed by atoms with Gasteiger partial charge in [0.1, 0.15) is 5.75 Å². The number of hydrogen-bond acceptors (Lipinski definition) is 2. The molecule has 4 rings (SSSR count). The van der Waals surface area contributed by atoms with Gasteiger partial charge in [-0.1, -0.05) is 22.0 Å². The lowest BCUT2D eigenvalue weighted by atomic mass is 9.93. The van der Waals surface area contributed by atoms with Crippen molar-refractivity contribution >= 4 is 26.8 Å². The fourth-order valence-corrected chi connectivity index (χ4v) is 4.30. The average Bonchev–Trinajstić information content (AvgIpc) is 2.92. The third-order valence-corrected chi connectivity index (χ3v) is 5.09. The zero-order valence-electron chi connectivity index (χ0n) is 13.9. The summed E-state index contributed by atoms with van der Waals surface area (Å²) in [5, 5.41) is 4.95. The van der Waals surface area contributed by atoms with Crippen molar-refractivity contribution in [2.45, 2.75) is 26.3 Å². The van der Waals surface area contributed by atoms with Crippen LogP contribution in [-0.4, -0.2) is 18.1 Å². The van der Waals surface area contributed by atoms with Gasteiger partial charge in [-0.15, -0.1) is 0 Å². The van der Waals surface area contributed by atoms with Crippen molar-refractivity contribution in [3.63, 3.8) is 0 Å². The van der Waals surface area contributed by atoms with E-state index in [0.717, 1.165) is 23.2 Å². The molecule has 3 aromatic rings. The Hall–Kier alpha value is -1.78. The predicted octanol–water partition coefficient (Wildman–Crippen LogP) is 4.87. The first-order valence-corrected chi connectivity index (χ1v) is 9.23. The van der Waals surface area contributed by atoms with Crippen molar-refractivity contribution in [2.24, 2.45) is 0 Å². The van der Waals surface area contributed by atoms with E-state index in [4.69, 9.17) is 4.74 Å². The van der Waals surface area contributed by atoms with Crippen LogP contribution in [-0.2, 0) is 6.42 Å². The van der Waals surface area contributed by atoms with Crippen molar-refractivity contribution < 1.29 is 4.74 Å². The fourth-order valence-electron chi connectivity index (χ4n) is 3.68. The highest BCUT2D eigenvalue weighted by Gasteiger charge is 2.25. The number of ether oxygens (including phenoxy) is 1. The van der Waals surface area contributed by atoms with Gasteiger partial charge >= 0.3 is 0 Å². The molecule has 0 fully saturated rings. The maximum Gasteiger partial charge on any atom is 0.120 e. The molecule has 1 aromatic heterocycles. The Morgan fingerprint density at radius 1 is 1.21 bits per heavy atom. The summed E-state index contributed by atoms with van der Waals surface area (Å²) in [4.78, 5) is 3.64. The van der Waals surface area contributed by atoms with Crippen LogP contribution in [0.5, 0.6) is 5.75 Å². The van der Waals surface area contributed by atoms with Crippen LogP contribution >= 0.6 is 15.9 Å². The Bertz CT molecular complexity index is 880. The van der Waals surface area contributed by atoms with Crippen LogP contribution in [0, 0.1) is 6.92 Å². The summed E-state index contributed by atoms with van der Waals surface area (Å²) in [5.41, 5.74) is 6.43. The Labute approximate surface area is 150 Å². The zero-order chi connectivity index (χ0) is 16.7. The van der Waals surface area contributed by atoms with Gasteiger partial charge in [-0.3, -0.25) is 0 Å². The molecule has 0 amide bonds. The molecule has 4 heteroatoms. The van der Waals surface area contributed by atoms with Crippen LogP contribution in [0.1, 0.15) is 35.3 Å². The highest BCUT2D eigenvalue weighted by Crippen LogP contribution is 2.36. The van der Waals surface area contributed by atoms with Gasteiger partial charge in [-0.2, -0.15) is 0 Å². The van der Waals surface area contributed by atoms with Crippen molar-refractivity contribution in [3.8, 4) is 5.75 Å². The molecular formula is C20H21BrN2O. The Morgan fingerprint density at radius 3 is 2.88 bits per heavy atom. The van der Waals surface area contributed by atoms with E-state index in [1.807, 2.05) is 13.0 Å². The SMILES string of the molecule is CCOc1ccc2[nH]c3c(c2c1)CCNC3c1cc(C)cc(Br)c1. The second kappa shape index (κ2) is 6.26. The first-order chi connectivity index (χ1) is 11.7. The summed E-state index contributed by atoms with van der Waals surface area (Å²) >= 11 is 3.63. The van der Waals surface area contributed by atoms with Gasteiger partial charge in [0.15, 0.2) is 0 Å². The monoisotopic (exact) mass is 384 g/mol. The maximum atomic E-state index is 5.68. The van der Waals surface area contributed by atoms with E-state index in [1.165, 1.54) is 33.3 Å². The van der Waals surface area contributed by atoms with Gasteiger partial charge < -0.3 is 15.0 Å². The molecule has 1 aliphatic heterocycles. The minimum Gasteiger partial charge on any atom is -0.494 e. The molecule has 1 atom stereocenters. The van der Waals surface area contributed by atoms with E-state index in [0.29, 0.717) is 6.61 Å². The minimum absolute atomic E-state index is 0.202. The molecular weight excluding hydrogens is 364 g/mol. The number of aryl methyl sites for hydroxylation is 1. The van der Waals surface area contributed by atoms with Crippen molar-refractivity contribution in [3.05, 3.63) is 63.3 Å². The van der Waals surface area contributed by atoms with Gasteiger partial charge in [0, 0.05) is 27.6 Å². The molecule has 0 bridgehead atoms. The van der Waals surface area contributed by atoms with E-state index in [1.54, 1.807) is 0 Å². The van der Waals surface area contributed by atoms with Crippen LogP contribution in [0.4, 0.5) is 0 Å². The summed E-state index contributed by atoms with van der Waals surface area (Å²) in [5.74, 6) is 0.945. The molecule has 1 unspecified atom stereocenters. The third kappa shape index (κ3) is 2.74. The molecule has 0 saturated heterocycles. The summed E-state index contributed by atoms with van der Waals surface area (Å²) in [6, 6.07) is 13.1. The number of nitrogens with one attached hydrogen (secondary N) is 2. The summed E-state index contributed by atoms with van der Waals surface area (Å²) in [6.45, 7) is 5.83. The molecule has 0 radical (unpaired) electrons.